The van der Waals surface area contributed by atoms with Crippen LogP contribution in [0.4, 0.5) is 0 Å². The highest BCUT2D eigenvalue weighted by Gasteiger charge is 2.41. The summed E-state index contributed by atoms with van der Waals surface area (Å²) < 4.78 is 27.2. The molecular weight excluding hydrogens is 260 g/mol. The van der Waals surface area contributed by atoms with E-state index < -0.39 is 10.0 Å². The number of aryl methyl sites for hydroxylation is 2. The molecule has 2 unspecified atom stereocenters. The van der Waals surface area contributed by atoms with Crippen LogP contribution in [0.2, 0.25) is 0 Å². The molecule has 2 saturated heterocycles. The highest BCUT2D eigenvalue weighted by atomic mass is 32.2. The maximum absolute atomic E-state index is 12.7. The second-order valence-electron chi connectivity index (χ2n) is 5.77. The molecule has 0 spiro atoms. The van der Waals surface area contributed by atoms with Gasteiger partial charge in [-0.05, 0) is 56.0 Å². The highest BCUT2D eigenvalue weighted by molar-refractivity contribution is 7.89. The van der Waals surface area contributed by atoms with Crippen molar-refractivity contribution in [3.63, 3.8) is 0 Å². The lowest BCUT2D eigenvalue weighted by atomic mass is 10.0. The van der Waals surface area contributed by atoms with Gasteiger partial charge in [0.25, 0.3) is 0 Å². The number of hydrogen-bond acceptors (Lipinski definition) is 3. The van der Waals surface area contributed by atoms with Gasteiger partial charge < -0.3 is 5.32 Å². The number of rotatable bonds is 2. The zero-order valence-electron chi connectivity index (χ0n) is 11.4. The maximum atomic E-state index is 12.7. The summed E-state index contributed by atoms with van der Waals surface area (Å²) in [5.74, 6) is 0.972. The molecule has 2 fully saturated rings. The van der Waals surface area contributed by atoms with Gasteiger partial charge in [0.15, 0.2) is 0 Å². The topological polar surface area (TPSA) is 49.4 Å². The first-order valence-corrected chi connectivity index (χ1v) is 8.20. The Morgan fingerprint density at radius 3 is 2.42 bits per heavy atom. The van der Waals surface area contributed by atoms with E-state index in [1.54, 1.807) is 10.4 Å². The van der Waals surface area contributed by atoms with Crippen molar-refractivity contribution in [1.82, 2.24) is 9.62 Å². The molecule has 0 aromatic heterocycles. The number of sulfonamides is 1. The minimum absolute atomic E-state index is 0.473. The fourth-order valence-corrected chi connectivity index (χ4v) is 5.00. The first-order chi connectivity index (χ1) is 8.98. The predicted molar refractivity (Wildman–Crippen MR) is 74.5 cm³/mol. The predicted octanol–water partition coefficient (Wildman–Crippen LogP) is 1.14. The molecule has 2 heterocycles. The Morgan fingerprint density at radius 1 is 1.16 bits per heavy atom. The quantitative estimate of drug-likeness (QED) is 0.884. The lowest BCUT2D eigenvalue weighted by Gasteiger charge is -2.19. The van der Waals surface area contributed by atoms with Gasteiger partial charge in [-0.1, -0.05) is 12.1 Å². The van der Waals surface area contributed by atoms with Crippen LogP contribution in [0.25, 0.3) is 0 Å². The van der Waals surface area contributed by atoms with Crippen LogP contribution >= 0.6 is 0 Å². The van der Waals surface area contributed by atoms with Crippen LogP contribution in [-0.4, -0.2) is 38.9 Å². The summed E-state index contributed by atoms with van der Waals surface area (Å²) in [6.07, 6.45) is 0. The first-order valence-electron chi connectivity index (χ1n) is 6.76. The third kappa shape index (κ3) is 2.20. The van der Waals surface area contributed by atoms with Gasteiger partial charge in [-0.15, -0.1) is 0 Å². The van der Waals surface area contributed by atoms with Crippen LogP contribution in [-0.2, 0) is 10.0 Å². The van der Waals surface area contributed by atoms with Crippen molar-refractivity contribution >= 4 is 10.0 Å². The van der Waals surface area contributed by atoms with Gasteiger partial charge in [0.05, 0.1) is 4.90 Å². The average Bonchev–Trinajstić information content (AvgIpc) is 2.92. The Hall–Kier alpha value is -0.910. The fraction of sp³-hybridized carbons (Fsp3) is 0.571. The van der Waals surface area contributed by atoms with Crippen LogP contribution in [0, 0.1) is 25.7 Å². The Kier molecular flexibility index (Phi) is 3.15. The third-order valence-corrected chi connectivity index (χ3v) is 6.29. The number of nitrogens with one attached hydrogen (secondary N) is 1. The molecule has 0 aliphatic carbocycles. The fourth-order valence-electron chi connectivity index (χ4n) is 3.13. The van der Waals surface area contributed by atoms with Crippen molar-refractivity contribution in [3.05, 3.63) is 29.3 Å². The van der Waals surface area contributed by atoms with Gasteiger partial charge in [0.1, 0.15) is 0 Å². The Balaban J connectivity index is 1.93. The summed E-state index contributed by atoms with van der Waals surface area (Å²) in [5, 5.41) is 3.34. The zero-order valence-corrected chi connectivity index (χ0v) is 12.2. The summed E-state index contributed by atoms with van der Waals surface area (Å²) in [5.41, 5.74) is 1.83. The molecule has 0 amide bonds. The van der Waals surface area contributed by atoms with Gasteiger partial charge in [-0.3, -0.25) is 0 Å². The average molecular weight is 280 g/mol. The van der Waals surface area contributed by atoms with Gasteiger partial charge in [-0.25, -0.2) is 8.42 Å². The monoisotopic (exact) mass is 280 g/mol. The Labute approximate surface area is 114 Å². The van der Waals surface area contributed by atoms with Crippen LogP contribution in [0.5, 0.6) is 0 Å². The van der Waals surface area contributed by atoms with Crippen LogP contribution in [0.15, 0.2) is 23.1 Å². The van der Waals surface area contributed by atoms with E-state index >= 15 is 0 Å². The van der Waals surface area contributed by atoms with Crippen molar-refractivity contribution in [3.8, 4) is 0 Å². The van der Waals surface area contributed by atoms with Gasteiger partial charge in [-0.2, -0.15) is 4.31 Å². The van der Waals surface area contributed by atoms with Crippen molar-refractivity contribution in [2.45, 2.75) is 18.7 Å². The molecule has 19 heavy (non-hydrogen) atoms. The molecule has 104 valence electrons. The minimum Gasteiger partial charge on any atom is -0.316 e. The minimum atomic E-state index is -3.33. The van der Waals surface area contributed by atoms with Crippen LogP contribution in [0.1, 0.15) is 11.1 Å². The van der Waals surface area contributed by atoms with E-state index in [0.717, 1.165) is 24.2 Å². The molecule has 0 bridgehead atoms. The van der Waals surface area contributed by atoms with Gasteiger partial charge in [0.2, 0.25) is 10.0 Å². The molecule has 0 saturated carbocycles. The number of hydrogen-bond donors (Lipinski definition) is 1. The molecule has 4 nitrogen and oxygen atoms in total. The summed E-state index contributed by atoms with van der Waals surface area (Å²) >= 11 is 0. The molecule has 1 aromatic rings. The first kappa shape index (κ1) is 13.1. The van der Waals surface area contributed by atoms with E-state index in [2.05, 4.69) is 5.32 Å². The zero-order chi connectivity index (χ0) is 13.6. The Bertz CT molecular complexity index is 585. The Morgan fingerprint density at radius 2 is 1.79 bits per heavy atom. The molecule has 2 aliphatic rings. The largest absolute Gasteiger partial charge is 0.316 e. The van der Waals surface area contributed by atoms with Crippen molar-refractivity contribution in [2.24, 2.45) is 11.8 Å². The SMILES string of the molecule is Cc1ccc(C)c(S(=O)(=O)N2CC3CNCC3C2)c1. The molecule has 3 rings (SSSR count). The van der Waals surface area contributed by atoms with Crippen molar-refractivity contribution in [2.75, 3.05) is 26.2 Å². The molecule has 1 aromatic carbocycles. The van der Waals surface area contributed by atoms with E-state index in [1.807, 2.05) is 26.0 Å². The number of nitrogens with zero attached hydrogens (tertiary/aromatic N) is 1. The molecule has 0 radical (unpaired) electrons. The second-order valence-corrected chi connectivity index (χ2v) is 7.68. The maximum Gasteiger partial charge on any atom is 0.243 e. The van der Waals surface area contributed by atoms with Crippen molar-refractivity contribution < 1.29 is 8.42 Å². The molecule has 2 atom stereocenters. The summed E-state index contributed by atoms with van der Waals surface area (Å²) in [6, 6.07) is 5.63. The molecule has 5 heteroatoms. The summed E-state index contributed by atoms with van der Waals surface area (Å²) in [4.78, 5) is 0.473. The van der Waals surface area contributed by atoms with E-state index in [4.69, 9.17) is 0 Å². The lowest BCUT2D eigenvalue weighted by molar-refractivity contribution is 0.447. The summed E-state index contributed by atoms with van der Waals surface area (Å²) in [7, 11) is -3.33. The standard InChI is InChI=1S/C14H20N2O2S/c1-10-3-4-11(2)14(5-10)19(17,18)16-8-12-6-15-7-13(12)9-16/h3-5,12-13,15H,6-9H2,1-2H3. The molecular formula is C14H20N2O2S. The van der Waals surface area contributed by atoms with E-state index in [0.29, 0.717) is 29.8 Å². The third-order valence-electron chi connectivity index (χ3n) is 4.32. The normalized spacial score (nSPS) is 27.7. The number of fused-ring (bicyclic) bond motifs is 1. The lowest BCUT2D eigenvalue weighted by Crippen LogP contribution is -2.32. The van der Waals surface area contributed by atoms with E-state index in [-0.39, 0.29) is 0 Å². The van der Waals surface area contributed by atoms with E-state index in [9.17, 15) is 8.42 Å². The van der Waals surface area contributed by atoms with Crippen LogP contribution < -0.4 is 5.32 Å². The van der Waals surface area contributed by atoms with Gasteiger partial charge in [0, 0.05) is 13.1 Å². The van der Waals surface area contributed by atoms with E-state index in [1.165, 1.54) is 0 Å². The molecule has 1 N–H and O–H groups in total. The smallest absolute Gasteiger partial charge is 0.243 e. The van der Waals surface area contributed by atoms with Crippen molar-refractivity contribution in [1.29, 1.82) is 0 Å². The number of benzene rings is 1. The summed E-state index contributed by atoms with van der Waals surface area (Å²) in [6.45, 7) is 7.01. The van der Waals surface area contributed by atoms with Gasteiger partial charge >= 0.3 is 0 Å². The molecule has 2 aliphatic heterocycles. The van der Waals surface area contributed by atoms with Crippen LogP contribution in [0.3, 0.4) is 0 Å². The second kappa shape index (κ2) is 4.58. The highest BCUT2D eigenvalue weighted by Crippen LogP contribution is 2.31.